The van der Waals surface area contributed by atoms with Gasteiger partial charge in [0, 0.05) is 17.6 Å². The Morgan fingerprint density at radius 2 is 1.88 bits per heavy atom. The van der Waals surface area contributed by atoms with Crippen LogP contribution in [0.3, 0.4) is 0 Å². The van der Waals surface area contributed by atoms with Crippen LogP contribution >= 0.6 is 0 Å². The normalized spacial score (nSPS) is 26.3. The number of methoxy groups -OCH3 is 1. The van der Waals surface area contributed by atoms with Gasteiger partial charge in [-0.2, -0.15) is 0 Å². The van der Waals surface area contributed by atoms with Crippen LogP contribution in [0.5, 0.6) is 5.75 Å². The number of carbonyl (C=O) groups is 1. The molecule has 3 rings (SSSR count). The van der Waals surface area contributed by atoms with E-state index in [-0.39, 0.29) is 28.6 Å². The molecule has 1 amide bonds. The van der Waals surface area contributed by atoms with Crippen LogP contribution in [0.1, 0.15) is 56.3 Å². The molecular formula is C19H28N2O4S. The highest BCUT2D eigenvalue weighted by molar-refractivity contribution is 7.89. The molecule has 0 aliphatic heterocycles. The fraction of sp³-hybridized carbons (Fsp3) is 0.632. The van der Waals surface area contributed by atoms with Gasteiger partial charge in [-0.25, -0.2) is 13.1 Å². The van der Waals surface area contributed by atoms with Crippen LogP contribution < -0.4 is 14.8 Å². The molecule has 2 N–H and O–H groups in total. The summed E-state index contributed by atoms with van der Waals surface area (Å²) in [5.41, 5.74) is 0.340. The van der Waals surface area contributed by atoms with E-state index in [0.717, 1.165) is 25.7 Å². The van der Waals surface area contributed by atoms with E-state index in [2.05, 4.69) is 23.9 Å². The van der Waals surface area contributed by atoms with Gasteiger partial charge >= 0.3 is 0 Å². The van der Waals surface area contributed by atoms with Gasteiger partial charge < -0.3 is 10.1 Å². The zero-order valence-corrected chi connectivity index (χ0v) is 16.4. The SMILES string of the molecule is COc1ccc(C(=O)NC2CCCC(C)C2C)cc1S(=O)(=O)NC1CC1. The Bertz CT molecular complexity index is 774. The summed E-state index contributed by atoms with van der Waals surface area (Å²) in [6.45, 7) is 4.38. The van der Waals surface area contributed by atoms with Crippen LogP contribution in [-0.4, -0.2) is 33.5 Å². The van der Waals surface area contributed by atoms with Crippen LogP contribution in [0.15, 0.2) is 23.1 Å². The van der Waals surface area contributed by atoms with Crippen LogP contribution in [0.25, 0.3) is 0 Å². The number of benzene rings is 1. The third kappa shape index (κ3) is 4.20. The third-order valence-corrected chi connectivity index (χ3v) is 7.18. The molecule has 0 bridgehead atoms. The zero-order chi connectivity index (χ0) is 18.9. The maximum atomic E-state index is 12.7. The molecule has 6 nitrogen and oxygen atoms in total. The summed E-state index contributed by atoms with van der Waals surface area (Å²) in [5.74, 6) is 0.991. The molecule has 2 aliphatic rings. The van der Waals surface area contributed by atoms with Crippen molar-refractivity contribution in [3.05, 3.63) is 23.8 Å². The Labute approximate surface area is 155 Å². The van der Waals surface area contributed by atoms with E-state index >= 15 is 0 Å². The molecular weight excluding hydrogens is 352 g/mol. The highest BCUT2D eigenvalue weighted by atomic mass is 32.2. The van der Waals surface area contributed by atoms with Crippen molar-refractivity contribution in [3.63, 3.8) is 0 Å². The van der Waals surface area contributed by atoms with Crippen molar-refractivity contribution in [2.75, 3.05) is 7.11 Å². The molecule has 3 unspecified atom stereocenters. The van der Waals surface area contributed by atoms with Gasteiger partial charge in [-0.05, 0) is 49.3 Å². The molecule has 2 fully saturated rings. The molecule has 144 valence electrons. The standard InChI is InChI=1S/C19H28N2O4S/c1-12-5-4-6-16(13(12)2)20-19(22)14-7-10-17(25-3)18(11-14)26(23,24)21-15-8-9-15/h7,10-13,15-16,21H,4-6,8-9H2,1-3H3,(H,20,22). The van der Waals surface area contributed by atoms with Gasteiger partial charge in [0.15, 0.2) is 0 Å². The Kier molecular flexibility index (Phi) is 5.58. The van der Waals surface area contributed by atoms with Gasteiger partial charge in [-0.3, -0.25) is 4.79 Å². The highest BCUT2D eigenvalue weighted by Crippen LogP contribution is 2.31. The van der Waals surface area contributed by atoms with Crippen molar-refractivity contribution in [3.8, 4) is 5.75 Å². The number of ether oxygens (including phenoxy) is 1. The van der Waals surface area contributed by atoms with Gasteiger partial charge in [-0.1, -0.05) is 26.7 Å². The minimum atomic E-state index is -3.70. The molecule has 0 heterocycles. The summed E-state index contributed by atoms with van der Waals surface area (Å²) in [6.07, 6.45) is 4.94. The average molecular weight is 381 g/mol. The van der Waals surface area contributed by atoms with Crippen LogP contribution in [-0.2, 0) is 10.0 Å². The maximum Gasteiger partial charge on any atom is 0.251 e. The Hall–Kier alpha value is -1.60. The minimum Gasteiger partial charge on any atom is -0.495 e. The third-order valence-electron chi connectivity index (χ3n) is 5.64. The smallest absolute Gasteiger partial charge is 0.251 e. The number of sulfonamides is 1. The first-order chi connectivity index (χ1) is 12.3. The molecule has 0 aromatic heterocycles. The molecule has 2 aliphatic carbocycles. The molecule has 2 saturated carbocycles. The number of hydrogen-bond acceptors (Lipinski definition) is 4. The lowest BCUT2D eigenvalue weighted by molar-refractivity contribution is 0.0891. The Morgan fingerprint density at radius 3 is 2.54 bits per heavy atom. The van der Waals surface area contributed by atoms with Gasteiger partial charge in [0.2, 0.25) is 10.0 Å². The van der Waals surface area contributed by atoms with E-state index in [9.17, 15) is 13.2 Å². The number of carbonyl (C=O) groups excluding carboxylic acids is 1. The van der Waals surface area contributed by atoms with E-state index < -0.39 is 10.0 Å². The van der Waals surface area contributed by atoms with Gasteiger partial charge in [0.25, 0.3) is 5.91 Å². The first kappa shape index (κ1) is 19.2. The first-order valence-electron chi connectivity index (χ1n) is 9.33. The summed E-state index contributed by atoms with van der Waals surface area (Å²) < 4.78 is 33.0. The molecule has 7 heteroatoms. The summed E-state index contributed by atoms with van der Waals surface area (Å²) >= 11 is 0. The zero-order valence-electron chi connectivity index (χ0n) is 15.6. The van der Waals surface area contributed by atoms with E-state index in [1.807, 2.05) is 0 Å². The lowest BCUT2D eigenvalue weighted by Crippen LogP contribution is -2.43. The molecule has 1 aromatic rings. The van der Waals surface area contributed by atoms with Gasteiger partial charge in [0.1, 0.15) is 10.6 Å². The maximum absolute atomic E-state index is 12.7. The second-order valence-corrected chi connectivity index (χ2v) is 9.29. The predicted octanol–water partition coefficient (Wildman–Crippen LogP) is 2.69. The molecule has 26 heavy (non-hydrogen) atoms. The van der Waals surface area contributed by atoms with Crippen molar-refractivity contribution < 1.29 is 17.9 Å². The molecule has 0 spiro atoms. The second-order valence-electron chi connectivity index (χ2n) is 7.61. The highest BCUT2D eigenvalue weighted by Gasteiger charge is 2.31. The van der Waals surface area contributed by atoms with Crippen molar-refractivity contribution >= 4 is 15.9 Å². The molecule has 1 aromatic carbocycles. The predicted molar refractivity (Wildman–Crippen MR) is 99.8 cm³/mol. The van der Waals surface area contributed by atoms with E-state index in [4.69, 9.17) is 4.74 Å². The lowest BCUT2D eigenvalue weighted by Gasteiger charge is -2.34. The Morgan fingerprint density at radius 1 is 1.15 bits per heavy atom. The molecule has 3 atom stereocenters. The van der Waals surface area contributed by atoms with Gasteiger partial charge in [-0.15, -0.1) is 0 Å². The minimum absolute atomic E-state index is 0.00763. The van der Waals surface area contributed by atoms with Crippen molar-refractivity contribution in [2.45, 2.75) is 62.9 Å². The summed E-state index contributed by atoms with van der Waals surface area (Å²) in [6, 6.07) is 4.69. The monoisotopic (exact) mass is 380 g/mol. The van der Waals surface area contributed by atoms with Crippen molar-refractivity contribution in [1.29, 1.82) is 0 Å². The number of rotatable bonds is 6. The Balaban J connectivity index is 1.81. The largest absolute Gasteiger partial charge is 0.495 e. The fourth-order valence-electron chi connectivity index (χ4n) is 3.55. The molecule has 0 saturated heterocycles. The van der Waals surface area contributed by atoms with Crippen LogP contribution in [0.2, 0.25) is 0 Å². The number of amides is 1. The number of hydrogen-bond donors (Lipinski definition) is 2. The number of nitrogens with one attached hydrogen (secondary N) is 2. The summed E-state index contributed by atoms with van der Waals surface area (Å²) in [4.78, 5) is 12.7. The van der Waals surface area contributed by atoms with Gasteiger partial charge in [0.05, 0.1) is 7.11 Å². The van der Waals surface area contributed by atoms with E-state index in [0.29, 0.717) is 17.4 Å². The van der Waals surface area contributed by atoms with Crippen molar-refractivity contribution in [1.82, 2.24) is 10.0 Å². The first-order valence-corrected chi connectivity index (χ1v) is 10.8. The average Bonchev–Trinajstić information content (AvgIpc) is 3.41. The topological polar surface area (TPSA) is 84.5 Å². The van der Waals surface area contributed by atoms with Crippen molar-refractivity contribution in [2.24, 2.45) is 11.8 Å². The fourth-order valence-corrected chi connectivity index (χ4v) is 5.05. The van der Waals surface area contributed by atoms with Crippen LogP contribution in [0, 0.1) is 11.8 Å². The summed E-state index contributed by atoms with van der Waals surface area (Å²) in [5, 5.41) is 3.09. The summed E-state index contributed by atoms with van der Waals surface area (Å²) in [7, 11) is -2.28. The lowest BCUT2D eigenvalue weighted by atomic mass is 9.78. The second kappa shape index (κ2) is 7.56. The van der Waals surface area contributed by atoms with Crippen LogP contribution in [0.4, 0.5) is 0 Å². The van der Waals surface area contributed by atoms with E-state index in [1.54, 1.807) is 12.1 Å². The molecule has 0 radical (unpaired) electrons. The quantitative estimate of drug-likeness (QED) is 0.795. The van der Waals surface area contributed by atoms with E-state index in [1.165, 1.54) is 19.6 Å².